The predicted molar refractivity (Wildman–Crippen MR) is 73.2 cm³/mol. The van der Waals surface area contributed by atoms with Crippen molar-refractivity contribution in [1.82, 2.24) is 4.31 Å². The second kappa shape index (κ2) is 6.18. The number of hydrogen-bond donors (Lipinski definition) is 1. The van der Waals surface area contributed by atoms with Crippen LogP contribution in [0.1, 0.15) is 13.3 Å². The molecule has 0 aliphatic carbocycles. The highest BCUT2D eigenvalue weighted by Crippen LogP contribution is 2.27. The van der Waals surface area contributed by atoms with E-state index in [0.29, 0.717) is 16.7 Å². The Labute approximate surface area is 115 Å². The van der Waals surface area contributed by atoms with Gasteiger partial charge in [0.05, 0.1) is 11.0 Å². The van der Waals surface area contributed by atoms with Crippen LogP contribution in [0.4, 0.5) is 5.69 Å². The molecule has 0 aliphatic heterocycles. The number of benzene rings is 1. The maximum atomic E-state index is 12.3. The summed E-state index contributed by atoms with van der Waals surface area (Å²) in [7, 11) is -3.59. The van der Waals surface area contributed by atoms with E-state index in [0.717, 1.165) is 0 Å². The van der Waals surface area contributed by atoms with Crippen LogP contribution in [-0.2, 0) is 10.0 Å². The molecule has 98 valence electrons. The lowest BCUT2D eigenvalue weighted by Gasteiger charge is -2.20. The standard InChI is InChI=1S/C11H14BrN3O2S/c1-2-15(7-3-6-13)18(16,17)11-5-4-9(14)8-10(11)12/h4-5,8H,2-3,7,14H2,1H3. The average molecular weight is 332 g/mol. The number of nitrogen functional groups attached to an aromatic ring is 1. The van der Waals surface area contributed by atoms with E-state index in [1.807, 2.05) is 6.07 Å². The Morgan fingerprint density at radius 3 is 2.67 bits per heavy atom. The molecule has 0 atom stereocenters. The molecule has 5 nitrogen and oxygen atoms in total. The Bertz CT molecular complexity index is 566. The third-order valence-electron chi connectivity index (χ3n) is 2.40. The van der Waals surface area contributed by atoms with E-state index < -0.39 is 10.0 Å². The number of nitrogens with zero attached hydrogens (tertiary/aromatic N) is 2. The number of nitriles is 1. The summed E-state index contributed by atoms with van der Waals surface area (Å²) in [5, 5.41) is 8.54. The van der Waals surface area contributed by atoms with Crippen molar-refractivity contribution < 1.29 is 8.42 Å². The smallest absolute Gasteiger partial charge is 0.244 e. The van der Waals surface area contributed by atoms with Gasteiger partial charge in [0.2, 0.25) is 10.0 Å². The van der Waals surface area contributed by atoms with E-state index in [9.17, 15) is 8.42 Å². The molecule has 1 rings (SSSR count). The number of anilines is 1. The molecule has 18 heavy (non-hydrogen) atoms. The highest BCUT2D eigenvalue weighted by Gasteiger charge is 2.24. The summed E-state index contributed by atoms with van der Waals surface area (Å²) in [5.74, 6) is 0. The zero-order valence-electron chi connectivity index (χ0n) is 9.93. The van der Waals surface area contributed by atoms with Crippen LogP contribution in [0.15, 0.2) is 27.6 Å². The summed E-state index contributed by atoms with van der Waals surface area (Å²) in [5.41, 5.74) is 6.07. The minimum absolute atomic E-state index is 0.163. The topological polar surface area (TPSA) is 87.2 Å². The first-order valence-corrected chi connectivity index (χ1v) is 7.59. The maximum absolute atomic E-state index is 12.3. The van der Waals surface area contributed by atoms with Gasteiger partial charge in [-0.05, 0) is 34.1 Å². The van der Waals surface area contributed by atoms with Crippen molar-refractivity contribution >= 4 is 31.6 Å². The third-order valence-corrected chi connectivity index (χ3v) is 5.35. The van der Waals surface area contributed by atoms with Crippen molar-refractivity contribution in [2.45, 2.75) is 18.2 Å². The molecule has 1 aromatic carbocycles. The first-order valence-electron chi connectivity index (χ1n) is 5.35. The van der Waals surface area contributed by atoms with Crippen LogP contribution in [0.25, 0.3) is 0 Å². The molecule has 0 saturated carbocycles. The summed E-state index contributed by atoms with van der Waals surface area (Å²) in [6, 6.07) is 6.49. The van der Waals surface area contributed by atoms with E-state index >= 15 is 0 Å². The molecule has 0 heterocycles. The highest BCUT2D eigenvalue weighted by molar-refractivity contribution is 9.10. The fraction of sp³-hybridized carbons (Fsp3) is 0.364. The minimum Gasteiger partial charge on any atom is -0.399 e. The molecule has 0 saturated heterocycles. The van der Waals surface area contributed by atoms with E-state index in [1.165, 1.54) is 16.4 Å². The van der Waals surface area contributed by atoms with Crippen molar-refractivity contribution in [3.8, 4) is 6.07 Å². The maximum Gasteiger partial charge on any atom is 0.244 e. The van der Waals surface area contributed by atoms with Gasteiger partial charge in [-0.2, -0.15) is 9.57 Å². The molecule has 1 aromatic rings. The van der Waals surface area contributed by atoms with Crippen molar-refractivity contribution in [2.75, 3.05) is 18.8 Å². The van der Waals surface area contributed by atoms with E-state index in [4.69, 9.17) is 11.0 Å². The van der Waals surface area contributed by atoms with Gasteiger partial charge in [-0.3, -0.25) is 0 Å². The fourth-order valence-corrected chi connectivity index (χ4v) is 3.99. The van der Waals surface area contributed by atoms with Gasteiger partial charge in [-0.1, -0.05) is 6.92 Å². The van der Waals surface area contributed by atoms with Crippen LogP contribution in [0.2, 0.25) is 0 Å². The molecule has 0 amide bonds. The zero-order valence-corrected chi connectivity index (χ0v) is 12.3. The van der Waals surface area contributed by atoms with Gasteiger partial charge in [0, 0.05) is 29.7 Å². The van der Waals surface area contributed by atoms with Crippen molar-refractivity contribution in [3.63, 3.8) is 0 Å². The number of nitrogens with two attached hydrogens (primary N) is 1. The van der Waals surface area contributed by atoms with Crippen molar-refractivity contribution in [3.05, 3.63) is 22.7 Å². The number of sulfonamides is 1. The lowest BCUT2D eigenvalue weighted by atomic mass is 10.3. The Hall–Kier alpha value is -1.10. The molecule has 0 aromatic heterocycles. The zero-order chi connectivity index (χ0) is 13.8. The van der Waals surface area contributed by atoms with Crippen LogP contribution >= 0.6 is 15.9 Å². The van der Waals surface area contributed by atoms with Gasteiger partial charge in [0.1, 0.15) is 0 Å². The van der Waals surface area contributed by atoms with Crippen molar-refractivity contribution in [1.29, 1.82) is 5.26 Å². The number of rotatable bonds is 5. The monoisotopic (exact) mass is 331 g/mol. The van der Waals surface area contributed by atoms with Crippen molar-refractivity contribution in [2.24, 2.45) is 0 Å². The molecule has 0 aliphatic rings. The Morgan fingerprint density at radius 1 is 1.50 bits per heavy atom. The lowest BCUT2D eigenvalue weighted by molar-refractivity contribution is 0.434. The normalized spacial score (nSPS) is 11.4. The van der Waals surface area contributed by atoms with E-state index in [2.05, 4.69) is 15.9 Å². The second-order valence-electron chi connectivity index (χ2n) is 3.59. The SMILES string of the molecule is CCN(CCC#N)S(=O)(=O)c1ccc(N)cc1Br. The van der Waals surface area contributed by atoms with E-state index in [1.54, 1.807) is 13.0 Å². The van der Waals surface area contributed by atoms with Crippen LogP contribution in [-0.4, -0.2) is 25.8 Å². The molecule has 2 N–H and O–H groups in total. The summed E-state index contributed by atoms with van der Waals surface area (Å²) in [6.07, 6.45) is 0.166. The molecule has 0 radical (unpaired) electrons. The van der Waals surface area contributed by atoms with Gasteiger partial charge >= 0.3 is 0 Å². The highest BCUT2D eigenvalue weighted by atomic mass is 79.9. The molecular formula is C11H14BrN3O2S. The van der Waals surface area contributed by atoms with Gasteiger partial charge in [0.15, 0.2) is 0 Å². The van der Waals surface area contributed by atoms with Crippen LogP contribution in [0.3, 0.4) is 0 Å². The largest absolute Gasteiger partial charge is 0.399 e. The second-order valence-corrected chi connectivity index (χ2v) is 6.36. The first-order chi connectivity index (χ1) is 8.43. The summed E-state index contributed by atoms with van der Waals surface area (Å²) in [6.45, 7) is 2.24. The minimum atomic E-state index is -3.59. The average Bonchev–Trinajstić information content (AvgIpc) is 2.29. The molecule has 0 bridgehead atoms. The van der Waals surface area contributed by atoms with Crippen LogP contribution in [0.5, 0.6) is 0 Å². The summed E-state index contributed by atoms with van der Waals surface area (Å²) >= 11 is 3.20. The number of halogens is 1. The fourth-order valence-electron chi connectivity index (χ4n) is 1.49. The van der Waals surface area contributed by atoms with Crippen LogP contribution in [0, 0.1) is 11.3 Å². The van der Waals surface area contributed by atoms with E-state index in [-0.39, 0.29) is 17.9 Å². The Morgan fingerprint density at radius 2 is 2.17 bits per heavy atom. The van der Waals surface area contributed by atoms with Gasteiger partial charge in [-0.15, -0.1) is 0 Å². The van der Waals surface area contributed by atoms with Crippen LogP contribution < -0.4 is 5.73 Å². The summed E-state index contributed by atoms with van der Waals surface area (Å²) in [4.78, 5) is 0.163. The number of hydrogen-bond acceptors (Lipinski definition) is 4. The molecule has 0 spiro atoms. The third kappa shape index (κ3) is 3.22. The molecule has 7 heteroatoms. The Kier molecular flexibility index (Phi) is 5.14. The predicted octanol–water partition coefficient (Wildman–Crippen LogP) is 1.96. The quantitative estimate of drug-likeness (QED) is 0.835. The summed E-state index contributed by atoms with van der Waals surface area (Å²) < 4.78 is 26.4. The molecule has 0 unspecified atom stereocenters. The first kappa shape index (κ1) is 15.0. The molecule has 0 fully saturated rings. The van der Waals surface area contributed by atoms with Gasteiger partial charge in [0.25, 0.3) is 0 Å². The lowest BCUT2D eigenvalue weighted by Crippen LogP contribution is -2.32. The van der Waals surface area contributed by atoms with Gasteiger partial charge < -0.3 is 5.73 Å². The molecular weight excluding hydrogens is 318 g/mol. The van der Waals surface area contributed by atoms with Gasteiger partial charge in [-0.25, -0.2) is 8.42 Å². The Balaban J connectivity index is 3.15.